The molecule has 0 aliphatic carbocycles. The Morgan fingerprint density at radius 3 is 2.53 bits per heavy atom. The minimum atomic E-state index is -4.62. The van der Waals surface area contributed by atoms with Gasteiger partial charge in [0.05, 0.1) is 28.5 Å². The predicted octanol–water partition coefficient (Wildman–Crippen LogP) is 4.63. The van der Waals surface area contributed by atoms with Crippen molar-refractivity contribution in [3.63, 3.8) is 0 Å². The van der Waals surface area contributed by atoms with Crippen molar-refractivity contribution in [3.05, 3.63) is 75.8 Å². The molecule has 0 radical (unpaired) electrons. The Kier molecular flexibility index (Phi) is 5.52. The molecule has 2 aromatic carbocycles. The molecule has 1 aliphatic rings. The van der Waals surface area contributed by atoms with Gasteiger partial charge >= 0.3 is 6.18 Å². The minimum absolute atomic E-state index is 0.0622. The molecule has 3 aromatic rings. The van der Waals surface area contributed by atoms with Crippen molar-refractivity contribution in [2.45, 2.75) is 19.3 Å². The molecule has 2 heterocycles. The van der Waals surface area contributed by atoms with Gasteiger partial charge in [-0.05, 0) is 36.4 Å². The van der Waals surface area contributed by atoms with Crippen LogP contribution in [0.25, 0.3) is 5.69 Å². The van der Waals surface area contributed by atoms with Crippen molar-refractivity contribution in [3.8, 4) is 17.5 Å². The van der Waals surface area contributed by atoms with E-state index in [4.69, 9.17) is 16.3 Å². The zero-order valence-electron chi connectivity index (χ0n) is 16.2. The van der Waals surface area contributed by atoms with E-state index >= 15 is 0 Å². The summed E-state index contributed by atoms with van der Waals surface area (Å²) in [5.74, 6) is -1.43. The van der Waals surface area contributed by atoms with Crippen molar-refractivity contribution in [1.82, 2.24) is 14.7 Å². The van der Waals surface area contributed by atoms with Gasteiger partial charge in [0.2, 0.25) is 0 Å². The number of halogens is 5. The molecule has 0 unspecified atom stereocenters. The lowest BCUT2D eigenvalue weighted by Crippen LogP contribution is -2.28. The summed E-state index contributed by atoms with van der Waals surface area (Å²) in [5, 5.41) is 13.3. The number of alkyl halides is 3. The Morgan fingerprint density at radius 2 is 1.91 bits per heavy atom. The lowest BCUT2D eigenvalue weighted by Gasteiger charge is -2.20. The summed E-state index contributed by atoms with van der Waals surface area (Å²) in [6.45, 7) is -1.41. The van der Waals surface area contributed by atoms with E-state index in [1.54, 1.807) is 29.1 Å². The molecule has 0 spiro atoms. The Balaban J connectivity index is 1.59. The first-order valence-corrected chi connectivity index (χ1v) is 9.59. The van der Waals surface area contributed by atoms with Crippen molar-refractivity contribution in [2.24, 2.45) is 0 Å². The van der Waals surface area contributed by atoms with Crippen LogP contribution in [0.2, 0.25) is 5.02 Å². The van der Waals surface area contributed by atoms with Crippen LogP contribution in [0.3, 0.4) is 0 Å². The van der Waals surface area contributed by atoms with Crippen LogP contribution >= 0.6 is 11.6 Å². The topological polar surface area (TPSA) is 71.2 Å². The van der Waals surface area contributed by atoms with Crippen LogP contribution in [0.4, 0.5) is 17.6 Å². The monoisotopic (exact) mass is 464 g/mol. The molecular formula is C21H13ClF4N4O2. The second-order valence-corrected chi connectivity index (χ2v) is 7.38. The molecular weight excluding hydrogens is 452 g/mol. The van der Waals surface area contributed by atoms with E-state index in [0.29, 0.717) is 16.9 Å². The van der Waals surface area contributed by atoms with Gasteiger partial charge < -0.3 is 9.64 Å². The second kappa shape index (κ2) is 8.16. The molecule has 11 heteroatoms. The number of hydrogen-bond acceptors (Lipinski definition) is 4. The molecule has 0 atom stereocenters. The van der Waals surface area contributed by atoms with E-state index in [2.05, 4.69) is 5.10 Å². The number of benzene rings is 2. The quantitative estimate of drug-likeness (QED) is 0.528. The number of nitrogens with zero attached hydrogens (tertiary/aromatic N) is 4. The first-order valence-electron chi connectivity index (χ1n) is 9.21. The van der Waals surface area contributed by atoms with Gasteiger partial charge in [-0.3, -0.25) is 4.79 Å². The van der Waals surface area contributed by atoms with E-state index < -0.39 is 18.7 Å². The Hall–Kier alpha value is -3.58. The summed E-state index contributed by atoms with van der Waals surface area (Å²) in [7, 11) is 0. The summed E-state index contributed by atoms with van der Waals surface area (Å²) >= 11 is 6.16. The van der Waals surface area contributed by atoms with Gasteiger partial charge in [0.25, 0.3) is 5.91 Å². The summed E-state index contributed by atoms with van der Waals surface area (Å²) in [4.78, 5) is 14.5. The van der Waals surface area contributed by atoms with Crippen molar-refractivity contribution < 1.29 is 27.1 Å². The standard InChI is InChI=1S/C21H13ClF4N4O2/c22-19-12(7-27)1-6-17(32-11-21(24,25)26)18(19)20(31)29-8-13-9-30(28-16(13)10-29)15-4-2-14(23)3-5-15/h1-6,9H,8,10-11H2. The van der Waals surface area contributed by atoms with Gasteiger partial charge in [0.1, 0.15) is 23.2 Å². The fourth-order valence-electron chi connectivity index (χ4n) is 3.30. The second-order valence-electron chi connectivity index (χ2n) is 7.00. The van der Waals surface area contributed by atoms with Gasteiger partial charge in [-0.2, -0.15) is 23.5 Å². The van der Waals surface area contributed by atoms with E-state index in [1.165, 1.54) is 23.1 Å². The van der Waals surface area contributed by atoms with Gasteiger partial charge in [0.15, 0.2) is 6.61 Å². The van der Waals surface area contributed by atoms with E-state index in [9.17, 15) is 27.6 Å². The Morgan fingerprint density at radius 1 is 1.19 bits per heavy atom. The van der Waals surface area contributed by atoms with Crippen LogP contribution in [0.1, 0.15) is 27.2 Å². The average molecular weight is 465 g/mol. The van der Waals surface area contributed by atoms with E-state index in [1.807, 2.05) is 0 Å². The summed E-state index contributed by atoms with van der Waals surface area (Å²) in [6, 6.07) is 9.81. The number of carbonyl (C=O) groups excluding carboxylic acids is 1. The van der Waals surface area contributed by atoms with Crippen LogP contribution in [-0.4, -0.2) is 33.4 Å². The van der Waals surface area contributed by atoms with Gasteiger partial charge in [0, 0.05) is 18.3 Å². The lowest BCUT2D eigenvalue weighted by atomic mass is 10.1. The number of hydrogen-bond donors (Lipinski definition) is 0. The number of fused-ring (bicyclic) bond motifs is 1. The highest BCUT2D eigenvalue weighted by Crippen LogP contribution is 2.34. The highest BCUT2D eigenvalue weighted by Gasteiger charge is 2.33. The summed E-state index contributed by atoms with van der Waals surface area (Å²) in [5.41, 5.74) is 1.55. The molecule has 32 heavy (non-hydrogen) atoms. The van der Waals surface area contributed by atoms with Gasteiger partial charge in [-0.15, -0.1) is 0 Å². The number of aromatic nitrogens is 2. The van der Waals surface area contributed by atoms with Crippen molar-refractivity contribution in [2.75, 3.05) is 6.61 Å². The predicted molar refractivity (Wildman–Crippen MR) is 105 cm³/mol. The van der Waals surface area contributed by atoms with Crippen LogP contribution in [0.5, 0.6) is 5.75 Å². The van der Waals surface area contributed by atoms with Gasteiger partial charge in [-0.25, -0.2) is 9.07 Å². The highest BCUT2D eigenvalue weighted by atomic mass is 35.5. The van der Waals surface area contributed by atoms with Crippen LogP contribution in [0, 0.1) is 17.1 Å². The van der Waals surface area contributed by atoms with E-state index in [-0.39, 0.29) is 40.8 Å². The molecule has 4 rings (SSSR count). The smallest absolute Gasteiger partial charge is 0.422 e. The first-order chi connectivity index (χ1) is 15.2. The molecule has 1 aromatic heterocycles. The number of carbonyl (C=O) groups is 1. The molecule has 0 saturated carbocycles. The summed E-state index contributed by atoms with van der Waals surface area (Å²) < 4.78 is 57.3. The Bertz CT molecular complexity index is 1210. The first kappa shape index (κ1) is 21.6. The molecule has 164 valence electrons. The molecule has 6 nitrogen and oxygen atoms in total. The molecule has 0 bridgehead atoms. The number of ether oxygens (including phenoxy) is 1. The van der Waals surface area contributed by atoms with Crippen LogP contribution in [-0.2, 0) is 13.1 Å². The minimum Gasteiger partial charge on any atom is -0.483 e. The third kappa shape index (κ3) is 4.24. The lowest BCUT2D eigenvalue weighted by molar-refractivity contribution is -0.153. The van der Waals surface area contributed by atoms with Crippen molar-refractivity contribution in [1.29, 1.82) is 5.26 Å². The van der Waals surface area contributed by atoms with Crippen molar-refractivity contribution >= 4 is 17.5 Å². The number of rotatable bonds is 4. The molecule has 0 saturated heterocycles. The maximum atomic E-state index is 13.1. The SMILES string of the molecule is N#Cc1ccc(OCC(F)(F)F)c(C(=O)N2Cc3cn(-c4ccc(F)cc4)nc3C2)c1Cl. The zero-order valence-corrected chi connectivity index (χ0v) is 16.9. The van der Waals surface area contributed by atoms with Gasteiger partial charge in [-0.1, -0.05) is 11.6 Å². The third-order valence-corrected chi connectivity index (χ3v) is 5.18. The maximum absolute atomic E-state index is 13.1. The Labute approximate surface area is 184 Å². The fourth-order valence-corrected chi connectivity index (χ4v) is 3.58. The third-order valence-electron chi connectivity index (χ3n) is 4.79. The molecule has 0 fully saturated rings. The fraction of sp³-hybridized carbons (Fsp3) is 0.190. The number of nitriles is 1. The van der Waals surface area contributed by atoms with Crippen LogP contribution < -0.4 is 4.74 Å². The highest BCUT2D eigenvalue weighted by molar-refractivity contribution is 6.35. The largest absolute Gasteiger partial charge is 0.483 e. The zero-order chi connectivity index (χ0) is 23.0. The average Bonchev–Trinajstić information content (AvgIpc) is 3.31. The van der Waals surface area contributed by atoms with E-state index in [0.717, 1.165) is 6.07 Å². The van der Waals surface area contributed by atoms with Crippen LogP contribution in [0.15, 0.2) is 42.6 Å². The molecule has 1 aliphatic heterocycles. The summed E-state index contributed by atoms with van der Waals surface area (Å²) in [6.07, 6.45) is -2.93. The number of amides is 1. The normalized spacial score (nSPS) is 13.1. The molecule has 1 amide bonds. The molecule has 0 N–H and O–H groups in total. The maximum Gasteiger partial charge on any atom is 0.422 e.